The first-order chi connectivity index (χ1) is 6.27. The standard InChI is InChI=1S/C9H16N4/c1-8(5-11-2)9-6-12-13(7-9)4-3-10/h5-8H,3-4,10H2,1-2H3. The zero-order chi connectivity index (χ0) is 9.68. The van der Waals surface area contributed by atoms with Crippen LogP contribution < -0.4 is 5.73 Å². The average molecular weight is 180 g/mol. The molecule has 0 saturated carbocycles. The molecule has 0 saturated heterocycles. The van der Waals surface area contributed by atoms with Crippen molar-refractivity contribution in [2.24, 2.45) is 10.7 Å². The van der Waals surface area contributed by atoms with E-state index < -0.39 is 0 Å². The molecular formula is C9H16N4. The van der Waals surface area contributed by atoms with Crippen molar-refractivity contribution in [3.05, 3.63) is 18.0 Å². The van der Waals surface area contributed by atoms with Crippen molar-refractivity contribution >= 4 is 6.21 Å². The van der Waals surface area contributed by atoms with Gasteiger partial charge in [0.15, 0.2) is 0 Å². The Morgan fingerprint density at radius 2 is 2.54 bits per heavy atom. The van der Waals surface area contributed by atoms with Crippen LogP contribution in [-0.4, -0.2) is 29.6 Å². The molecule has 0 aromatic carbocycles. The monoisotopic (exact) mass is 180 g/mol. The summed E-state index contributed by atoms with van der Waals surface area (Å²) in [5, 5.41) is 4.18. The van der Waals surface area contributed by atoms with Gasteiger partial charge < -0.3 is 10.7 Å². The number of aromatic nitrogens is 2. The predicted octanol–water partition coefficient (Wildman–Crippen LogP) is 0.646. The molecule has 72 valence electrons. The summed E-state index contributed by atoms with van der Waals surface area (Å²) >= 11 is 0. The van der Waals surface area contributed by atoms with Crippen LogP contribution in [-0.2, 0) is 6.54 Å². The molecule has 1 atom stereocenters. The topological polar surface area (TPSA) is 56.2 Å². The van der Waals surface area contributed by atoms with Gasteiger partial charge in [-0.25, -0.2) is 0 Å². The van der Waals surface area contributed by atoms with Crippen molar-refractivity contribution in [1.29, 1.82) is 0 Å². The largest absolute Gasteiger partial charge is 0.329 e. The maximum absolute atomic E-state index is 5.42. The van der Waals surface area contributed by atoms with Crippen molar-refractivity contribution in [2.45, 2.75) is 19.4 Å². The summed E-state index contributed by atoms with van der Waals surface area (Å²) in [4.78, 5) is 3.98. The van der Waals surface area contributed by atoms with E-state index in [2.05, 4.69) is 17.0 Å². The van der Waals surface area contributed by atoms with Gasteiger partial charge in [-0.2, -0.15) is 5.10 Å². The van der Waals surface area contributed by atoms with Gasteiger partial charge in [0.1, 0.15) is 0 Å². The molecule has 1 aromatic heterocycles. The van der Waals surface area contributed by atoms with Crippen molar-refractivity contribution in [3.8, 4) is 0 Å². The van der Waals surface area contributed by atoms with E-state index in [1.54, 1.807) is 7.05 Å². The van der Waals surface area contributed by atoms with Crippen molar-refractivity contribution in [1.82, 2.24) is 9.78 Å². The minimum atomic E-state index is 0.330. The van der Waals surface area contributed by atoms with E-state index in [1.165, 1.54) is 5.56 Å². The molecule has 13 heavy (non-hydrogen) atoms. The minimum Gasteiger partial charge on any atom is -0.329 e. The lowest BCUT2D eigenvalue weighted by Crippen LogP contribution is -2.09. The summed E-state index contributed by atoms with van der Waals surface area (Å²) in [6.07, 6.45) is 5.78. The Morgan fingerprint density at radius 3 is 3.15 bits per heavy atom. The predicted molar refractivity (Wildman–Crippen MR) is 54.1 cm³/mol. The lowest BCUT2D eigenvalue weighted by molar-refractivity contribution is 0.624. The van der Waals surface area contributed by atoms with Gasteiger partial charge in [-0.3, -0.25) is 4.68 Å². The Balaban J connectivity index is 2.67. The maximum atomic E-state index is 5.42. The van der Waals surface area contributed by atoms with Crippen LogP contribution in [0, 0.1) is 0 Å². The summed E-state index contributed by atoms with van der Waals surface area (Å²) in [6.45, 7) is 3.49. The lowest BCUT2D eigenvalue weighted by atomic mass is 10.1. The molecule has 0 aliphatic carbocycles. The smallest absolute Gasteiger partial charge is 0.0531 e. The molecule has 0 fully saturated rings. The quantitative estimate of drug-likeness (QED) is 0.691. The summed E-state index contributed by atoms with van der Waals surface area (Å²) in [7, 11) is 1.78. The number of rotatable bonds is 4. The fourth-order valence-electron chi connectivity index (χ4n) is 1.18. The fraction of sp³-hybridized carbons (Fsp3) is 0.556. The van der Waals surface area contributed by atoms with Gasteiger partial charge in [0.2, 0.25) is 0 Å². The minimum absolute atomic E-state index is 0.330. The third-order valence-electron chi connectivity index (χ3n) is 1.91. The van der Waals surface area contributed by atoms with E-state index in [4.69, 9.17) is 5.73 Å². The van der Waals surface area contributed by atoms with Crippen LogP contribution in [0.1, 0.15) is 18.4 Å². The summed E-state index contributed by atoms with van der Waals surface area (Å²) in [6, 6.07) is 0. The molecule has 0 amide bonds. The Morgan fingerprint density at radius 1 is 1.77 bits per heavy atom. The van der Waals surface area contributed by atoms with E-state index in [1.807, 2.05) is 23.3 Å². The van der Waals surface area contributed by atoms with Gasteiger partial charge in [0.05, 0.1) is 12.7 Å². The molecule has 0 aliphatic heterocycles. The molecule has 0 aliphatic rings. The highest BCUT2D eigenvalue weighted by Gasteiger charge is 2.04. The van der Waals surface area contributed by atoms with E-state index in [-0.39, 0.29) is 0 Å². The summed E-state index contributed by atoms with van der Waals surface area (Å²) in [5.74, 6) is 0.330. The van der Waals surface area contributed by atoms with Crippen molar-refractivity contribution in [2.75, 3.05) is 13.6 Å². The molecule has 2 N–H and O–H groups in total. The van der Waals surface area contributed by atoms with Crippen LogP contribution in [0.25, 0.3) is 0 Å². The lowest BCUT2D eigenvalue weighted by Gasteiger charge is -1.99. The first-order valence-corrected chi connectivity index (χ1v) is 4.42. The van der Waals surface area contributed by atoms with Gasteiger partial charge in [0, 0.05) is 31.9 Å². The number of hydrogen-bond donors (Lipinski definition) is 1. The number of nitrogens with zero attached hydrogens (tertiary/aromatic N) is 3. The molecule has 1 heterocycles. The Bertz CT molecular complexity index is 277. The molecular weight excluding hydrogens is 164 g/mol. The second kappa shape index (κ2) is 4.77. The van der Waals surface area contributed by atoms with Gasteiger partial charge >= 0.3 is 0 Å². The first kappa shape index (κ1) is 9.92. The molecule has 0 bridgehead atoms. The van der Waals surface area contributed by atoms with Crippen LogP contribution >= 0.6 is 0 Å². The Kier molecular flexibility index (Phi) is 3.64. The van der Waals surface area contributed by atoms with Crippen LogP contribution in [0.2, 0.25) is 0 Å². The second-order valence-corrected chi connectivity index (χ2v) is 3.02. The molecule has 4 heteroatoms. The van der Waals surface area contributed by atoms with Crippen LogP contribution in [0.4, 0.5) is 0 Å². The van der Waals surface area contributed by atoms with Gasteiger partial charge in [0.25, 0.3) is 0 Å². The Labute approximate surface area is 78.5 Å². The normalized spacial score (nSPS) is 13.8. The van der Waals surface area contributed by atoms with Crippen LogP contribution in [0.5, 0.6) is 0 Å². The number of aliphatic imine (C=N–C) groups is 1. The number of hydrogen-bond acceptors (Lipinski definition) is 3. The zero-order valence-electron chi connectivity index (χ0n) is 8.14. The summed E-state index contributed by atoms with van der Waals surface area (Å²) < 4.78 is 1.86. The highest BCUT2D eigenvalue weighted by molar-refractivity contribution is 5.66. The third kappa shape index (κ3) is 2.66. The highest BCUT2D eigenvalue weighted by atomic mass is 15.3. The third-order valence-corrected chi connectivity index (χ3v) is 1.91. The molecule has 1 aromatic rings. The van der Waals surface area contributed by atoms with Crippen molar-refractivity contribution in [3.63, 3.8) is 0 Å². The highest BCUT2D eigenvalue weighted by Crippen LogP contribution is 2.11. The molecule has 1 rings (SSSR count). The molecule has 0 spiro atoms. The maximum Gasteiger partial charge on any atom is 0.0531 e. The van der Waals surface area contributed by atoms with Gasteiger partial charge in [-0.15, -0.1) is 0 Å². The van der Waals surface area contributed by atoms with E-state index in [0.29, 0.717) is 12.5 Å². The number of nitrogens with two attached hydrogens (primary N) is 1. The van der Waals surface area contributed by atoms with E-state index in [9.17, 15) is 0 Å². The van der Waals surface area contributed by atoms with E-state index in [0.717, 1.165) is 6.54 Å². The fourth-order valence-corrected chi connectivity index (χ4v) is 1.18. The second-order valence-electron chi connectivity index (χ2n) is 3.02. The van der Waals surface area contributed by atoms with Crippen LogP contribution in [0.15, 0.2) is 17.4 Å². The summed E-state index contributed by atoms with van der Waals surface area (Å²) in [5.41, 5.74) is 6.60. The Hall–Kier alpha value is -1.16. The molecule has 0 radical (unpaired) electrons. The van der Waals surface area contributed by atoms with Crippen molar-refractivity contribution < 1.29 is 0 Å². The van der Waals surface area contributed by atoms with Gasteiger partial charge in [-0.05, 0) is 5.56 Å². The van der Waals surface area contributed by atoms with Gasteiger partial charge in [-0.1, -0.05) is 6.92 Å². The average Bonchev–Trinajstić information content (AvgIpc) is 2.54. The molecule has 4 nitrogen and oxygen atoms in total. The molecule has 1 unspecified atom stereocenters. The van der Waals surface area contributed by atoms with E-state index >= 15 is 0 Å². The first-order valence-electron chi connectivity index (χ1n) is 4.42. The SMILES string of the molecule is CN=CC(C)c1cnn(CCN)c1. The van der Waals surface area contributed by atoms with Crippen LogP contribution in [0.3, 0.4) is 0 Å². The zero-order valence-corrected chi connectivity index (χ0v) is 8.14.